The number of amides is 1. The average molecular weight is 448 g/mol. The second kappa shape index (κ2) is 7.19. The van der Waals surface area contributed by atoms with Crippen LogP contribution in [0.2, 0.25) is 0 Å². The van der Waals surface area contributed by atoms with Crippen molar-refractivity contribution in [2.75, 3.05) is 19.8 Å². The van der Waals surface area contributed by atoms with Crippen LogP contribution in [0.25, 0.3) is 10.9 Å². The van der Waals surface area contributed by atoms with Crippen molar-refractivity contribution in [3.8, 4) is 11.5 Å². The molecule has 3 aromatic rings. The summed E-state index contributed by atoms with van der Waals surface area (Å²) in [4.78, 5) is 26.5. The van der Waals surface area contributed by atoms with Crippen LogP contribution in [0.4, 0.5) is 5.69 Å². The number of nitrogens with one attached hydrogen (secondary N) is 1. The van der Waals surface area contributed by atoms with Gasteiger partial charge >= 0.3 is 0 Å². The number of hydrogen-bond acceptors (Lipinski definition) is 6. The quantitative estimate of drug-likeness (QED) is 0.463. The van der Waals surface area contributed by atoms with Crippen LogP contribution < -0.4 is 9.47 Å². The van der Waals surface area contributed by atoms with E-state index in [1.807, 2.05) is 17.9 Å². The van der Waals surface area contributed by atoms with Crippen molar-refractivity contribution in [1.82, 2.24) is 15.1 Å². The number of nitro groups is 1. The minimum Gasteiger partial charge on any atom is -0.486 e. The number of fused-ring (bicyclic) bond motifs is 4. The molecule has 0 radical (unpaired) electrons. The summed E-state index contributed by atoms with van der Waals surface area (Å²) >= 11 is 0. The molecule has 33 heavy (non-hydrogen) atoms. The standard InChI is InChI=1S/C24H24N4O5/c1-14-16-11-20-21(33-9-8-32-20)12-18(16)24(6-2-3-7-24)13-27(14)23(29)22-17-10-15(28(30)31)4-5-19(17)25-26-22/h4-5,10-12,14H,2-3,6-9,13H2,1H3,(H,25,26). The number of carbonyl (C=O) groups excluding carboxylic acids is 1. The van der Waals surface area contributed by atoms with Crippen molar-refractivity contribution < 1.29 is 19.2 Å². The van der Waals surface area contributed by atoms with Crippen LogP contribution in [0, 0.1) is 10.1 Å². The Hall–Kier alpha value is -3.62. The summed E-state index contributed by atoms with van der Waals surface area (Å²) in [7, 11) is 0. The monoisotopic (exact) mass is 448 g/mol. The van der Waals surface area contributed by atoms with Crippen LogP contribution in [0.3, 0.4) is 0 Å². The maximum absolute atomic E-state index is 13.8. The molecule has 6 rings (SSSR count). The summed E-state index contributed by atoms with van der Waals surface area (Å²) in [6.45, 7) is 3.65. The maximum Gasteiger partial charge on any atom is 0.275 e. The zero-order valence-corrected chi connectivity index (χ0v) is 18.3. The fourth-order valence-corrected chi connectivity index (χ4v) is 5.77. The first-order chi connectivity index (χ1) is 16.0. The molecule has 1 spiro atoms. The summed E-state index contributed by atoms with van der Waals surface area (Å²) in [5.74, 6) is 1.28. The van der Waals surface area contributed by atoms with Gasteiger partial charge in [0, 0.05) is 29.5 Å². The second-order valence-corrected chi connectivity index (χ2v) is 9.24. The van der Waals surface area contributed by atoms with Crippen LogP contribution in [-0.4, -0.2) is 45.7 Å². The van der Waals surface area contributed by atoms with E-state index < -0.39 is 4.92 Å². The van der Waals surface area contributed by atoms with Crippen LogP contribution >= 0.6 is 0 Å². The Morgan fingerprint density at radius 1 is 1.18 bits per heavy atom. The van der Waals surface area contributed by atoms with Crippen molar-refractivity contribution in [1.29, 1.82) is 0 Å². The van der Waals surface area contributed by atoms with Crippen LogP contribution in [0.15, 0.2) is 30.3 Å². The number of nitro benzene ring substituents is 1. The van der Waals surface area contributed by atoms with Crippen LogP contribution in [0.5, 0.6) is 11.5 Å². The molecule has 1 aliphatic carbocycles. The number of non-ortho nitro benzene ring substituents is 1. The summed E-state index contributed by atoms with van der Waals surface area (Å²) in [5.41, 5.74) is 2.95. The highest BCUT2D eigenvalue weighted by Gasteiger charge is 2.47. The van der Waals surface area contributed by atoms with E-state index in [-0.39, 0.29) is 28.7 Å². The molecule has 0 bridgehead atoms. The average Bonchev–Trinajstić information content (AvgIpc) is 3.47. The molecule has 3 aliphatic rings. The maximum atomic E-state index is 13.8. The molecule has 9 nitrogen and oxygen atoms in total. The molecule has 0 saturated heterocycles. The van der Waals surface area contributed by atoms with Gasteiger partial charge < -0.3 is 14.4 Å². The molecule has 2 aromatic carbocycles. The van der Waals surface area contributed by atoms with E-state index in [1.165, 1.54) is 17.7 Å². The highest BCUT2D eigenvalue weighted by atomic mass is 16.6. The first kappa shape index (κ1) is 20.0. The lowest BCUT2D eigenvalue weighted by Crippen LogP contribution is -2.48. The lowest BCUT2D eigenvalue weighted by Gasteiger charge is -2.46. The Balaban J connectivity index is 1.45. The molecule has 1 amide bonds. The molecule has 1 fully saturated rings. The number of ether oxygens (including phenoxy) is 2. The largest absolute Gasteiger partial charge is 0.486 e. The number of benzene rings is 2. The Kier molecular flexibility index (Phi) is 4.36. The Morgan fingerprint density at radius 2 is 1.91 bits per heavy atom. The van der Waals surface area contributed by atoms with Gasteiger partial charge in [-0.1, -0.05) is 12.8 Å². The molecule has 1 saturated carbocycles. The Labute approximate surface area is 189 Å². The zero-order chi connectivity index (χ0) is 22.7. The number of carbonyl (C=O) groups is 1. The minimum atomic E-state index is -0.459. The lowest BCUT2D eigenvalue weighted by molar-refractivity contribution is -0.384. The van der Waals surface area contributed by atoms with Crippen LogP contribution in [-0.2, 0) is 5.41 Å². The van der Waals surface area contributed by atoms with E-state index in [4.69, 9.17) is 9.47 Å². The van der Waals surface area contributed by atoms with Crippen molar-refractivity contribution in [3.05, 3.63) is 57.3 Å². The molecule has 9 heteroatoms. The minimum absolute atomic E-state index is 0.0639. The van der Waals surface area contributed by atoms with Gasteiger partial charge in [0.05, 0.1) is 16.5 Å². The Morgan fingerprint density at radius 3 is 2.64 bits per heavy atom. The highest BCUT2D eigenvalue weighted by molar-refractivity contribution is 6.05. The van der Waals surface area contributed by atoms with E-state index in [0.717, 1.165) is 42.7 Å². The van der Waals surface area contributed by atoms with E-state index in [1.54, 1.807) is 6.07 Å². The van der Waals surface area contributed by atoms with E-state index >= 15 is 0 Å². The zero-order valence-electron chi connectivity index (χ0n) is 18.3. The fourth-order valence-electron chi connectivity index (χ4n) is 5.77. The van der Waals surface area contributed by atoms with Gasteiger partial charge in [-0.05, 0) is 49.1 Å². The number of rotatable bonds is 2. The fraction of sp³-hybridized carbons (Fsp3) is 0.417. The molecular weight excluding hydrogens is 424 g/mol. The lowest BCUT2D eigenvalue weighted by atomic mass is 9.71. The van der Waals surface area contributed by atoms with Gasteiger partial charge in [-0.2, -0.15) is 5.10 Å². The van der Waals surface area contributed by atoms with Crippen molar-refractivity contribution in [2.45, 2.75) is 44.1 Å². The molecule has 1 atom stereocenters. The summed E-state index contributed by atoms with van der Waals surface area (Å²) in [6.07, 6.45) is 4.23. The second-order valence-electron chi connectivity index (χ2n) is 9.24. The van der Waals surface area contributed by atoms with E-state index in [2.05, 4.69) is 16.3 Å². The first-order valence-electron chi connectivity index (χ1n) is 11.3. The third kappa shape index (κ3) is 2.98. The number of hydrogen-bond donors (Lipinski definition) is 1. The predicted octanol–water partition coefficient (Wildman–Crippen LogP) is 4.27. The first-order valence-corrected chi connectivity index (χ1v) is 11.3. The van der Waals surface area contributed by atoms with Gasteiger partial charge in [0.2, 0.25) is 0 Å². The molecular formula is C24H24N4O5. The van der Waals surface area contributed by atoms with E-state index in [0.29, 0.717) is 30.7 Å². The van der Waals surface area contributed by atoms with Gasteiger partial charge in [0.1, 0.15) is 13.2 Å². The Bertz CT molecular complexity index is 1290. The van der Waals surface area contributed by atoms with Gasteiger partial charge in [-0.25, -0.2) is 0 Å². The predicted molar refractivity (Wildman–Crippen MR) is 120 cm³/mol. The number of aromatic amines is 1. The number of aromatic nitrogens is 2. The van der Waals surface area contributed by atoms with Crippen molar-refractivity contribution in [3.63, 3.8) is 0 Å². The van der Waals surface area contributed by atoms with Gasteiger partial charge in [-0.15, -0.1) is 0 Å². The highest BCUT2D eigenvalue weighted by Crippen LogP contribution is 2.52. The molecule has 1 aromatic heterocycles. The summed E-state index contributed by atoms with van der Waals surface area (Å²) < 4.78 is 11.7. The van der Waals surface area contributed by atoms with Crippen molar-refractivity contribution in [2.24, 2.45) is 0 Å². The molecule has 1 unspecified atom stereocenters. The van der Waals surface area contributed by atoms with Crippen molar-refractivity contribution >= 4 is 22.5 Å². The summed E-state index contributed by atoms with van der Waals surface area (Å²) in [5, 5.41) is 18.9. The molecule has 2 aliphatic heterocycles. The topological polar surface area (TPSA) is 111 Å². The molecule has 1 N–H and O–H groups in total. The third-order valence-electron chi connectivity index (χ3n) is 7.46. The van der Waals surface area contributed by atoms with Gasteiger partial charge in [-0.3, -0.25) is 20.0 Å². The number of H-pyrrole nitrogens is 1. The third-order valence-corrected chi connectivity index (χ3v) is 7.46. The SMILES string of the molecule is CC1c2cc3c(cc2C2(CCCC2)CN1C(=O)c1n[nH]c2ccc([N+](=O)[O-])cc12)OCCO3. The van der Waals surface area contributed by atoms with Crippen LogP contribution in [0.1, 0.15) is 60.3 Å². The smallest absolute Gasteiger partial charge is 0.275 e. The van der Waals surface area contributed by atoms with Gasteiger partial charge in [0.25, 0.3) is 11.6 Å². The molecule has 170 valence electrons. The normalized spacial score (nSPS) is 20.8. The van der Waals surface area contributed by atoms with E-state index in [9.17, 15) is 14.9 Å². The molecule has 3 heterocycles. The number of nitrogens with zero attached hydrogens (tertiary/aromatic N) is 3. The van der Waals surface area contributed by atoms with Gasteiger partial charge in [0.15, 0.2) is 17.2 Å². The summed E-state index contributed by atoms with van der Waals surface area (Å²) in [6, 6.07) is 8.38.